The van der Waals surface area contributed by atoms with Crippen LogP contribution in [0.25, 0.3) is 0 Å². The Morgan fingerprint density at radius 1 is 1.85 bits per heavy atom. The molecule has 0 aliphatic carbocycles. The smallest absolute Gasteiger partial charge is 0.337 e. The first-order valence-corrected chi connectivity index (χ1v) is 4.06. The molecule has 0 spiro atoms. The third-order valence-corrected chi connectivity index (χ3v) is 2.04. The predicted molar refractivity (Wildman–Crippen MR) is 46.1 cm³/mol. The molecule has 1 rings (SSSR count). The highest BCUT2D eigenvalue weighted by atomic mass is 16.6. The zero-order valence-corrected chi connectivity index (χ0v) is 7.87. The van der Waals surface area contributed by atoms with E-state index in [9.17, 15) is 9.90 Å². The third kappa shape index (κ3) is 2.08. The van der Waals surface area contributed by atoms with Gasteiger partial charge >= 0.3 is 5.97 Å². The highest BCUT2D eigenvalue weighted by molar-refractivity contribution is 5.76. The first kappa shape index (κ1) is 10.2. The normalized spacial score (nSPS) is 27.9. The highest BCUT2D eigenvalue weighted by Gasteiger charge is 2.54. The molecule has 1 N–H and O–H groups in total. The first-order valence-electron chi connectivity index (χ1n) is 4.06. The molecule has 0 aromatic heterocycles. The van der Waals surface area contributed by atoms with Crippen molar-refractivity contribution in [2.75, 3.05) is 13.7 Å². The van der Waals surface area contributed by atoms with Crippen molar-refractivity contribution in [2.24, 2.45) is 0 Å². The second kappa shape index (κ2) is 3.47. The molecule has 1 aliphatic heterocycles. The topological polar surface area (TPSA) is 59.1 Å². The predicted octanol–water partition coefficient (Wildman–Crippen LogP) is 0.255. The Labute approximate surface area is 77.1 Å². The van der Waals surface area contributed by atoms with Crippen LogP contribution in [0.15, 0.2) is 12.2 Å². The van der Waals surface area contributed by atoms with Crippen LogP contribution in [0.2, 0.25) is 0 Å². The number of aliphatic hydroxyl groups is 1. The van der Waals surface area contributed by atoms with Gasteiger partial charge < -0.3 is 14.6 Å². The second-order valence-electron chi connectivity index (χ2n) is 3.41. The fourth-order valence-corrected chi connectivity index (χ4v) is 1.29. The number of hydrogen-bond acceptors (Lipinski definition) is 4. The summed E-state index contributed by atoms with van der Waals surface area (Å²) in [6.45, 7) is 5.92. The lowest BCUT2D eigenvalue weighted by molar-refractivity contribution is -0.154. The van der Waals surface area contributed by atoms with Crippen molar-refractivity contribution in [3.8, 4) is 0 Å². The monoisotopic (exact) mass is 186 g/mol. The van der Waals surface area contributed by atoms with Crippen LogP contribution in [0.4, 0.5) is 0 Å². The van der Waals surface area contributed by atoms with E-state index in [0.29, 0.717) is 13.0 Å². The summed E-state index contributed by atoms with van der Waals surface area (Å²) in [7, 11) is 1.24. The zero-order chi connectivity index (χ0) is 10.1. The lowest BCUT2D eigenvalue weighted by atomic mass is 9.96. The Bertz CT molecular complexity index is 230. The Morgan fingerprint density at radius 3 is 2.69 bits per heavy atom. The third-order valence-electron chi connectivity index (χ3n) is 2.04. The summed E-state index contributed by atoms with van der Waals surface area (Å²) in [5, 5.41) is 9.52. The van der Waals surface area contributed by atoms with E-state index < -0.39 is 17.7 Å². The van der Waals surface area contributed by atoms with Crippen molar-refractivity contribution in [1.29, 1.82) is 0 Å². The Morgan fingerprint density at radius 2 is 2.38 bits per heavy atom. The van der Waals surface area contributed by atoms with Gasteiger partial charge in [0, 0.05) is 6.42 Å². The number of esters is 1. The molecular weight excluding hydrogens is 172 g/mol. The van der Waals surface area contributed by atoms with E-state index in [1.165, 1.54) is 7.11 Å². The fourth-order valence-electron chi connectivity index (χ4n) is 1.29. The molecule has 1 aliphatic rings. The lowest BCUT2D eigenvalue weighted by Gasteiger charge is -2.16. The van der Waals surface area contributed by atoms with Gasteiger partial charge in [0.25, 0.3) is 0 Å². The summed E-state index contributed by atoms with van der Waals surface area (Å²) in [6.07, 6.45) is -0.710. The van der Waals surface area contributed by atoms with E-state index in [1.54, 1.807) is 0 Å². The van der Waals surface area contributed by atoms with Crippen LogP contribution in [0.1, 0.15) is 13.3 Å². The fraction of sp³-hybridized carbons (Fsp3) is 0.667. The number of methoxy groups -OCH3 is 1. The van der Waals surface area contributed by atoms with E-state index in [0.717, 1.165) is 5.57 Å². The van der Waals surface area contributed by atoms with E-state index in [1.807, 2.05) is 6.92 Å². The molecule has 2 atom stereocenters. The van der Waals surface area contributed by atoms with Crippen molar-refractivity contribution < 1.29 is 19.4 Å². The second-order valence-corrected chi connectivity index (χ2v) is 3.41. The maximum Gasteiger partial charge on any atom is 0.337 e. The van der Waals surface area contributed by atoms with Crippen molar-refractivity contribution in [3.05, 3.63) is 12.2 Å². The highest BCUT2D eigenvalue weighted by Crippen LogP contribution is 2.37. The van der Waals surface area contributed by atoms with Crippen molar-refractivity contribution in [3.63, 3.8) is 0 Å². The SMILES string of the molecule is C=C(C)C[C@]1([C@H](O)C(=O)OC)CO1. The van der Waals surface area contributed by atoms with E-state index in [4.69, 9.17) is 4.74 Å². The molecule has 74 valence electrons. The zero-order valence-electron chi connectivity index (χ0n) is 7.87. The molecule has 0 bridgehead atoms. The largest absolute Gasteiger partial charge is 0.467 e. The average molecular weight is 186 g/mol. The minimum absolute atomic E-state index is 0.385. The molecule has 0 saturated carbocycles. The van der Waals surface area contributed by atoms with Gasteiger partial charge in [0.15, 0.2) is 6.10 Å². The van der Waals surface area contributed by atoms with Gasteiger partial charge in [-0.3, -0.25) is 0 Å². The number of carbonyl (C=O) groups excluding carboxylic acids is 1. The van der Waals surface area contributed by atoms with Crippen LogP contribution in [-0.2, 0) is 14.3 Å². The van der Waals surface area contributed by atoms with E-state index in [2.05, 4.69) is 11.3 Å². The van der Waals surface area contributed by atoms with Crippen LogP contribution in [0, 0.1) is 0 Å². The van der Waals surface area contributed by atoms with Gasteiger partial charge in [-0.15, -0.1) is 6.58 Å². The quantitative estimate of drug-likeness (QED) is 0.388. The molecular formula is C9H14O4. The molecule has 1 saturated heterocycles. The van der Waals surface area contributed by atoms with Gasteiger partial charge in [0.2, 0.25) is 0 Å². The summed E-state index contributed by atoms with van der Waals surface area (Å²) in [5.41, 5.74) is 0.110. The van der Waals surface area contributed by atoms with Crippen LogP contribution in [0.5, 0.6) is 0 Å². The van der Waals surface area contributed by atoms with E-state index in [-0.39, 0.29) is 0 Å². The summed E-state index contributed by atoms with van der Waals surface area (Å²) in [6, 6.07) is 0. The summed E-state index contributed by atoms with van der Waals surface area (Å²) >= 11 is 0. The molecule has 0 aromatic carbocycles. The number of aliphatic hydroxyl groups excluding tert-OH is 1. The molecule has 4 heteroatoms. The Kier molecular flexibility index (Phi) is 2.73. The molecule has 4 nitrogen and oxygen atoms in total. The summed E-state index contributed by atoms with van der Waals surface area (Å²) < 4.78 is 9.50. The van der Waals surface area contributed by atoms with Crippen molar-refractivity contribution in [2.45, 2.75) is 25.0 Å². The number of rotatable bonds is 4. The number of epoxide rings is 1. The molecule has 0 radical (unpaired) electrons. The Hall–Kier alpha value is -0.870. The standard InChI is InChI=1S/C9H14O4/c1-6(2)4-9(5-13-9)7(10)8(11)12-3/h7,10H,1,4-5H2,2-3H3/t7-,9-/m1/s1. The molecule has 13 heavy (non-hydrogen) atoms. The lowest BCUT2D eigenvalue weighted by Crippen LogP contribution is -2.38. The van der Waals surface area contributed by atoms with Crippen LogP contribution in [0.3, 0.4) is 0 Å². The summed E-state index contributed by atoms with van der Waals surface area (Å²) in [4.78, 5) is 11.0. The van der Waals surface area contributed by atoms with Gasteiger partial charge in [-0.1, -0.05) is 5.57 Å². The van der Waals surface area contributed by atoms with Crippen molar-refractivity contribution >= 4 is 5.97 Å². The van der Waals surface area contributed by atoms with Gasteiger partial charge in [-0.05, 0) is 6.92 Å². The molecule has 0 aromatic rings. The maximum atomic E-state index is 11.0. The maximum absolute atomic E-state index is 11.0. The average Bonchev–Trinajstić information content (AvgIpc) is 2.82. The Balaban J connectivity index is 2.59. The number of hydrogen-bond donors (Lipinski definition) is 1. The van der Waals surface area contributed by atoms with Crippen LogP contribution < -0.4 is 0 Å². The minimum Gasteiger partial charge on any atom is -0.467 e. The van der Waals surface area contributed by atoms with Crippen molar-refractivity contribution in [1.82, 2.24) is 0 Å². The molecule has 0 unspecified atom stereocenters. The molecule has 1 heterocycles. The molecule has 1 fully saturated rings. The number of ether oxygens (including phenoxy) is 2. The van der Waals surface area contributed by atoms with Crippen LogP contribution >= 0.6 is 0 Å². The van der Waals surface area contributed by atoms with Gasteiger partial charge in [0.1, 0.15) is 5.60 Å². The number of carbonyl (C=O) groups is 1. The molecule has 0 amide bonds. The first-order chi connectivity index (χ1) is 6.02. The van der Waals surface area contributed by atoms with Gasteiger partial charge in [0.05, 0.1) is 13.7 Å². The minimum atomic E-state index is -1.20. The summed E-state index contributed by atoms with van der Waals surface area (Å²) in [5.74, 6) is -0.654. The van der Waals surface area contributed by atoms with Crippen LogP contribution in [-0.4, -0.2) is 36.5 Å². The van der Waals surface area contributed by atoms with Gasteiger partial charge in [-0.25, -0.2) is 4.79 Å². The van der Waals surface area contributed by atoms with E-state index >= 15 is 0 Å². The van der Waals surface area contributed by atoms with Gasteiger partial charge in [-0.2, -0.15) is 0 Å².